The van der Waals surface area contributed by atoms with Gasteiger partial charge in [-0.2, -0.15) is 0 Å². The second kappa shape index (κ2) is 9.24. The number of amides is 2. The van der Waals surface area contributed by atoms with Crippen LogP contribution in [0.15, 0.2) is 54.6 Å². The number of hydrogen-bond donors (Lipinski definition) is 1. The van der Waals surface area contributed by atoms with E-state index in [0.717, 1.165) is 12.0 Å². The minimum absolute atomic E-state index is 0.0133. The zero-order valence-electron chi connectivity index (χ0n) is 20.0. The second-order valence-electron chi connectivity index (χ2n) is 9.70. The summed E-state index contributed by atoms with van der Waals surface area (Å²) >= 11 is 0. The molecule has 1 aromatic carbocycles. The Hall–Kier alpha value is -2.97. The van der Waals surface area contributed by atoms with Crippen LogP contribution < -0.4 is 0 Å². The summed E-state index contributed by atoms with van der Waals surface area (Å²) in [7, 11) is 0. The van der Waals surface area contributed by atoms with Crippen LogP contribution in [0.3, 0.4) is 0 Å². The summed E-state index contributed by atoms with van der Waals surface area (Å²) in [6.45, 7) is 2.63. The van der Waals surface area contributed by atoms with Crippen LogP contribution in [0.25, 0.3) is 0 Å². The predicted molar refractivity (Wildman–Crippen MR) is 127 cm³/mol. The molecule has 4 aliphatic heterocycles. The van der Waals surface area contributed by atoms with E-state index in [1.165, 1.54) is 4.90 Å². The molecule has 1 unspecified atom stereocenters. The maximum atomic E-state index is 14.1. The van der Waals surface area contributed by atoms with E-state index in [1.807, 2.05) is 61.6 Å². The van der Waals surface area contributed by atoms with Gasteiger partial charge < -0.3 is 24.4 Å². The van der Waals surface area contributed by atoms with Gasteiger partial charge in [0, 0.05) is 19.6 Å². The molecule has 4 heterocycles. The standard InChI is InChI=1S/C27H32N2O6/c1-2-26-12-7-4-8-17-34-25(33)21(26)20-23(31)29(15-16-30)22-24(32)28(14-9-13-27(20,22)35-26)18-19-10-5-3-6-11-19/h3,5-7,9-13,20-22,30H,2,4,8,14-18H2,1H3/b12-7-/t20-,21-,22?,26+,27-/m0/s1. The Bertz CT molecular complexity index is 1060. The number of fused-ring (bicyclic) bond motifs is 2. The van der Waals surface area contributed by atoms with Gasteiger partial charge in [0.25, 0.3) is 0 Å². The fraction of sp³-hybridized carbons (Fsp3) is 0.519. The van der Waals surface area contributed by atoms with E-state index < -0.39 is 35.0 Å². The number of cyclic esters (lactones) is 1. The lowest BCUT2D eigenvalue weighted by Crippen LogP contribution is -2.56. The average molecular weight is 481 g/mol. The van der Waals surface area contributed by atoms with Crippen molar-refractivity contribution in [2.24, 2.45) is 11.8 Å². The van der Waals surface area contributed by atoms with E-state index in [0.29, 0.717) is 25.9 Å². The Labute approximate surface area is 205 Å². The van der Waals surface area contributed by atoms with Crippen molar-refractivity contribution in [2.75, 3.05) is 26.3 Å². The van der Waals surface area contributed by atoms with Crippen LogP contribution in [0, 0.1) is 11.8 Å². The number of hydrogen-bond acceptors (Lipinski definition) is 6. The van der Waals surface area contributed by atoms with Gasteiger partial charge >= 0.3 is 5.97 Å². The fourth-order valence-electron chi connectivity index (χ4n) is 6.21. The number of likely N-dealkylation sites (tertiary alicyclic amines) is 1. The van der Waals surface area contributed by atoms with Crippen molar-refractivity contribution in [1.82, 2.24) is 9.80 Å². The molecule has 0 aromatic heterocycles. The number of ether oxygens (including phenoxy) is 2. The normalized spacial score (nSPS) is 35.4. The molecule has 0 bridgehead atoms. The second-order valence-corrected chi connectivity index (χ2v) is 9.70. The highest BCUT2D eigenvalue weighted by Crippen LogP contribution is 2.58. The molecule has 0 saturated carbocycles. The van der Waals surface area contributed by atoms with Gasteiger partial charge in [0.2, 0.25) is 11.8 Å². The van der Waals surface area contributed by atoms with E-state index >= 15 is 0 Å². The molecule has 0 aliphatic carbocycles. The number of benzene rings is 1. The minimum Gasteiger partial charge on any atom is -0.465 e. The Morgan fingerprint density at radius 3 is 2.60 bits per heavy atom. The SMILES string of the molecule is CC[C@@]12/C=C\CCCOC(=O)[C@@H]1[C@H]1C(=O)N(CCO)C3C(=O)N(Cc4ccccc4)CC=C[C@@]31O2. The van der Waals surface area contributed by atoms with E-state index in [9.17, 15) is 19.5 Å². The summed E-state index contributed by atoms with van der Waals surface area (Å²) in [4.78, 5) is 44.5. The van der Waals surface area contributed by atoms with Crippen LogP contribution >= 0.6 is 0 Å². The highest BCUT2D eigenvalue weighted by Gasteiger charge is 2.75. The first-order valence-electron chi connectivity index (χ1n) is 12.4. The first-order valence-corrected chi connectivity index (χ1v) is 12.4. The quantitative estimate of drug-likeness (QED) is 0.510. The molecule has 0 radical (unpaired) electrons. The van der Waals surface area contributed by atoms with Crippen LogP contribution in [-0.4, -0.2) is 76.2 Å². The molecule has 186 valence electrons. The third-order valence-electron chi connectivity index (χ3n) is 7.77. The van der Waals surface area contributed by atoms with Crippen LogP contribution in [-0.2, 0) is 30.4 Å². The van der Waals surface area contributed by atoms with Gasteiger partial charge in [-0.1, -0.05) is 61.6 Å². The van der Waals surface area contributed by atoms with Crippen LogP contribution in [0.1, 0.15) is 31.7 Å². The van der Waals surface area contributed by atoms with Gasteiger partial charge in [-0.3, -0.25) is 14.4 Å². The fourth-order valence-corrected chi connectivity index (χ4v) is 6.21. The zero-order chi connectivity index (χ0) is 24.6. The van der Waals surface area contributed by atoms with Crippen molar-refractivity contribution in [3.05, 3.63) is 60.2 Å². The van der Waals surface area contributed by atoms with Gasteiger partial charge in [-0.15, -0.1) is 0 Å². The number of β-amino-alcohol motifs (C(OH)–C–C–N with tert-alkyl or cyclic N) is 1. The number of allylic oxidation sites excluding steroid dienone is 1. The van der Waals surface area contributed by atoms with Crippen molar-refractivity contribution >= 4 is 17.8 Å². The molecule has 1 aromatic rings. The summed E-state index contributed by atoms with van der Waals surface area (Å²) in [5.74, 6) is -2.86. The largest absolute Gasteiger partial charge is 0.465 e. The van der Waals surface area contributed by atoms with Gasteiger partial charge in [-0.25, -0.2) is 0 Å². The molecule has 8 heteroatoms. The monoisotopic (exact) mass is 480 g/mol. The maximum absolute atomic E-state index is 14.1. The molecule has 1 spiro atoms. The Morgan fingerprint density at radius 2 is 1.86 bits per heavy atom. The Kier molecular flexibility index (Phi) is 6.27. The molecule has 2 fully saturated rings. The lowest BCUT2D eigenvalue weighted by Gasteiger charge is -2.38. The molecule has 2 saturated heterocycles. The number of carbonyl (C=O) groups excluding carboxylic acids is 3. The van der Waals surface area contributed by atoms with Gasteiger partial charge in [0.15, 0.2) is 0 Å². The number of carbonyl (C=O) groups is 3. The summed E-state index contributed by atoms with van der Waals surface area (Å²) in [5, 5.41) is 9.77. The zero-order valence-corrected chi connectivity index (χ0v) is 20.0. The molecular formula is C27H32N2O6. The van der Waals surface area contributed by atoms with Crippen molar-refractivity contribution in [2.45, 2.75) is 50.0 Å². The summed E-state index contributed by atoms with van der Waals surface area (Å²) in [6, 6.07) is 8.69. The van der Waals surface area contributed by atoms with Crippen LogP contribution in [0.4, 0.5) is 0 Å². The van der Waals surface area contributed by atoms with Crippen molar-refractivity contribution in [1.29, 1.82) is 0 Å². The smallest absolute Gasteiger partial charge is 0.313 e. The highest BCUT2D eigenvalue weighted by atomic mass is 16.6. The lowest BCUT2D eigenvalue weighted by atomic mass is 9.73. The topological polar surface area (TPSA) is 96.4 Å². The molecule has 35 heavy (non-hydrogen) atoms. The number of aliphatic hydroxyl groups excluding tert-OH is 1. The number of esters is 1. The van der Waals surface area contributed by atoms with Gasteiger partial charge in [-0.05, 0) is 24.8 Å². The molecule has 5 rings (SSSR count). The molecule has 2 amide bonds. The third-order valence-corrected chi connectivity index (χ3v) is 7.77. The maximum Gasteiger partial charge on any atom is 0.313 e. The number of nitrogens with zero attached hydrogens (tertiary/aromatic N) is 2. The summed E-state index contributed by atoms with van der Waals surface area (Å²) in [5.41, 5.74) is -1.40. The Balaban J connectivity index is 1.61. The van der Waals surface area contributed by atoms with Crippen LogP contribution in [0.5, 0.6) is 0 Å². The van der Waals surface area contributed by atoms with Crippen molar-refractivity contribution in [3.8, 4) is 0 Å². The summed E-state index contributed by atoms with van der Waals surface area (Å²) in [6.07, 6.45) is 9.47. The first-order chi connectivity index (χ1) is 17.0. The van der Waals surface area contributed by atoms with Gasteiger partial charge in [0.05, 0.1) is 19.1 Å². The number of aliphatic hydroxyl groups is 1. The molecule has 5 atom stereocenters. The van der Waals surface area contributed by atoms with E-state index in [4.69, 9.17) is 9.47 Å². The third kappa shape index (κ3) is 3.70. The minimum atomic E-state index is -1.32. The Morgan fingerprint density at radius 1 is 1.06 bits per heavy atom. The molecular weight excluding hydrogens is 448 g/mol. The van der Waals surface area contributed by atoms with Gasteiger partial charge in [0.1, 0.15) is 23.2 Å². The number of rotatable bonds is 5. The molecule has 1 N–H and O–H groups in total. The predicted octanol–water partition coefficient (Wildman–Crippen LogP) is 1.83. The van der Waals surface area contributed by atoms with Crippen molar-refractivity contribution in [3.63, 3.8) is 0 Å². The molecule has 8 nitrogen and oxygen atoms in total. The van der Waals surface area contributed by atoms with Crippen LogP contribution in [0.2, 0.25) is 0 Å². The van der Waals surface area contributed by atoms with Crippen molar-refractivity contribution < 1.29 is 29.0 Å². The van der Waals surface area contributed by atoms with E-state index in [-0.39, 0.29) is 31.6 Å². The molecule has 4 aliphatic rings. The summed E-state index contributed by atoms with van der Waals surface area (Å²) < 4.78 is 12.4. The lowest BCUT2D eigenvalue weighted by molar-refractivity contribution is -0.161. The first kappa shape index (κ1) is 23.8. The average Bonchev–Trinajstić information content (AvgIpc) is 3.24. The highest BCUT2D eigenvalue weighted by molar-refractivity contribution is 5.99. The van der Waals surface area contributed by atoms with E-state index in [1.54, 1.807) is 4.90 Å². The van der Waals surface area contributed by atoms with E-state index in [2.05, 4.69) is 0 Å².